The van der Waals surface area contributed by atoms with E-state index in [2.05, 4.69) is 27.6 Å². The molecule has 0 saturated carbocycles. The summed E-state index contributed by atoms with van der Waals surface area (Å²) >= 11 is 2.26. The number of carbonyl (C=O) groups excluding carboxylic acids is 1. The molecule has 26 heavy (non-hydrogen) atoms. The number of methoxy groups -OCH3 is 1. The van der Waals surface area contributed by atoms with Gasteiger partial charge in [-0.2, -0.15) is 0 Å². The summed E-state index contributed by atoms with van der Waals surface area (Å²) in [4.78, 5) is 16.6. The molecule has 5 nitrogen and oxygen atoms in total. The van der Waals surface area contributed by atoms with Crippen LogP contribution in [0.2, 0.25) is 0 Å². The predicted octanol–water partition coefficient (Wildman–Crippen LogP) is 4.35. The number of cyclic esters (lactones) is 1. The second-order valence-corrected chi connectivity index (χ2v) is 6.77. The van der Waals surface area contributed by atoms with E-state index in [-0.39, 0.29) is 5.70 Å². The maximum absolute atomic E-state index is 12.3. The smallest absolute Gasteiger partial charge is 0.363 e. The van der Waals surface area contributed by atoms with Crippen LogP contribution in [0.1, 0.15) is 23.6 Å². The maximum Gasteiger partial charge on any atom is 0.363 e. The normalized spacial score (nSPS) is 15.0. The molecule has 2 aromatic rings. The van der Waals surface area contributed by atoms with Crippen molar-refractivity contribution in [2.75, 3.05) is 13.7 Å². The minimum Gasteiger partial charge on any atom is -0.493 e. The Morgan fingerprint density at radius 1 is 1.27 bits per heavy atom. The molecule has 0 aromatic heterocycles. The highest BCUT2D eigenvalue weighted by Gasteiger charge is 2.25. The van der Waals surface area contributed by atoms with Crippen molar-refractivity contribution >= 4 is 40.5 Å². The van der Waals surface area contributed by atoms with Gasteiger partial charge in [-0.3, -0.25) is 0 Å². The zero-order chi connectivity index (χ0) is 18.7. The number of hydrogen-bond donors (Lipinski definition) is 0. The van der Waals surface area contributed by atoms with E-state index in [1.165, 1.54) is 0 Å². The van der Waals surface area contributed by atoms with Gasteiger partial charge in [-0.25, -0.2) is 9.79 Å². The molecule has 1 aliphatic heterocycles. The number of aryl methyl sites for hydroxylation is 1. The second kappa shape index (κ2) is 7.90. The Morgan fingerprint density at radius 3 is 2.77 bits per heavy atom. The fourth-order valence-electron chi connectivity index (χ4n) is 2.56. The largest absolute Gasteiger partial charge is 0.493 e. The molecule has 0 fully saturated rings. The molecule has 0 bridgehead atoms. The van der Waals surface area contributed by atoms with Crippen LogP contribution >= 0.6 is 22.6 Å². The van der Waals surface area contributed by atoms with Gasteiger partial charge in [-0.15, -0.1) is 0 Å². The summed E-state index contributed by atoms with van der Waals surface area (Å²) in [5.41, 5.74) is 2.81. The number of benzene rings is 2. The van der Waals surface area contributed by atoms with Crippen molar-refractivity contribution in [3.63, 3.8) is 0 Å². The van der Waals surface area contributed by atoms with Crippen molar-refractivity contribution < 1.29 is 19.0 Å². The Kier molecular flexibility index (Phi) is 5.61. The molecule has 1 heterocycles. The van der Waals surface area contributed by atoms with Crippen molar-refractivity contribution in [2.45, 2.75) is 13.8 Å². The molecule has 6 heteroatoms. The van der Waals surface area contributed by atoms with Gasteiger partial charge in [0.05, 0.1) is 13.7 Å². The van der Waals surface area contributed by atoms with Gasteiger partial charge in [-0.1, -0.05) is 12.1 Å². The lowest BCUT2D eigenvalue weighted by Crippen LogP contribution is -2.06. The third-order valence-electron chi connectivity index (χ3n) is 3.84. The first-order valence-electron chi connectivity index (χ1n) is 8.12. The average Bonchev–Trinajstić information content (AvgIpc) is 2.99. The van der Waals surface area contributed by atoms with Crippen LogP contribution in [-0.4, -0.2) is 25.6 Å². The Morgan fingerprint density at radius 2 is 2.08 bits per heavy atom. The number of ether oxygens (including phenoxy) is 3. The molecule has 0 saturated heterocycles. The fourth-order valence-corrected chi connectivity index (χ4v) is 2.90. The number of halogens is 1. The maximum atomic E-state index is 12.3. The summed E-state index contributed by atoms with van der Waals surface area (Å²) in [6, 6.07) is 11.3. The molecule has 0 amide bonds. The number of carbonyl (C=O) groups is 1. The lowest BCUT2D eigenvalue weighted by molar-refractivity contribution is -0.129. The first-order valence-corrected chi connectivity index (χ1v) is 9.20. The molecule has 0 radical (unpaired) electrons. The third-order valence-corrected chi connectivity index (χ3v) is 5.05. The molecule has 0 atom stereocenters. The molecule has 0 spiro atoms. The van der Waals surface area contributed by atoms with Gasteiger partial charge < -0.3 is 14.2 Å². The quantitative estimate of drug-likeness (QED) is 0.376. The molecule has 1 aliphatic rings. The van der Waals surface area contributed by atoms with Crippen LogP contribution in [0, 0.1) is 10.5 Å². The Hall–Kier alpha value is -2.35. The van der Waals surface area contributed by atoms with Gasteiger partial charge in [0.2, 0.25) is 5.90 Å². The van der Waals surface area contributed by atoms with Crippen LogP contribution in [0.15, 0.2) is 47.1 Å². The van der Waals surface area contributed by atoms with E-state index in [0.717, 1.165) is 14.7 Å². The highest BCUT2D eigenvalue weighted by Crippen LogP contribution is 2.33. The lowest BCUT2D eigenvalue weighted by atomic mass is 10.1. The number of aliphatic imine (C=N–C) groups is 1. The SMILES string of the molecule is CCOc1c(/C=C2\N=C(c3ccc(I)c(C)c3)OC2=O)cccc1OC. The molecule has 134 valence electrons. The van der Waals surface area contributed by atoms with E-state index >= 15 is 0 Å². The standard InChI is InChI=1S/C20H18INO4/c1-4-25-18-13(6-5-7-17(18)24-3)11-16-20(23)26-19(22-16)14-8-9-15(21)12(2)10-14/h5-11H,4H2,1-3H3/b16-11-. The first-order chi connectivity index (χ1) is 12.5. The van der Waals surface area contributed by atoms with Crippen LogP contribution in [-0.2, 0) is 9.53 Å². The summed E-state index contributed by atoms with van der Waals surface area (Å²) in [5.74, 6) is 1.000. The number of hydrogen-bond acceptors (Lipinski definition) is 5. The van der Waals surface area contributed by atoms with E-state index in [9.17, 15) is 4.79 Å². The van der Waals surface area contributed by atoms with Crippen molar-refractivity contribution in [3.8, 4) is 11.5 Å². The van der Waals surface area contributed by atoms with Crippen LogP contribution in [0.5, 0.6) is 11.5 Å². The summed E-state index contributed by atoms with van der Waals surface area (Å²) < 4.78 is 17.5. The average molecular weight is 463 g/mol. The molecular weight excluding hydrogens is 445 g/mol. The monoisotopic (exact) mass is 463 g/mol. The topological polar surface area (TPSA) is 57.1 Å². The van der Waals surface area contributed by atoms with E-state index in [4.69, 9.17) is 14.2 Å². The number of esters is 1. The minimum atomic E-state index is -0.485. The highest BCUT2D eigenvalue weighted by molar-refractivity contribution is 14.1. The van der Waals surface area contributed by atoms with Crippen molar-refractivity contribution in [3.05, 3.63) is 62.4 Å². The second-order valence-electron chi connectivity index (χ2n) is 5.61. The molecule has 0 unspecified atom stereocenters. The summed E-state index contributed by atoms with van der Waals surface area (Å²) in [6.07, 6.45) is 1.66. The Balaban J connectivity index is 2.00. The van der Waals surface area contributed by atoms with E-state index in [0.29, 0.717) is 29.6 Å². The van der Waals surface area contributed by atoms with Crippen LogP contribution in [0.3, 0.4) is 0 Å². The lowest BCUT2D eigenvalue weighted by Gasteiger charge is -2.11. The van der Waals surface area contributed by atoms with Gasteiger partial charge in [0.1, 0.15) is 0 Å². The number of rotatable bonds is 5. The molecule has 0 aliphatic carbocycles. The van der Waals surface area contributed by atoms with Gasteiger partial charge >= 0.3 is 5.97 Å². The summed E-state index contributed by atoms with van der Waals surface area (Å²) in [5, 5.41) is 0. The Labute approximate surface area is 165 Å². The van der Waals surface area contributed by atoms with Gasteiger partial charge in [0.25, 0.3) is 0 Å². The summed E-state index contributed by atoms with van der Waals surface area (Å²) in [7, 11) is 1.58. The van der Waals surface area contributed by atoms with Crippen LogP contribution < -0.4 is 9.47 Å². The highest BCUT2D eigenvalue weighted by atomic mass is 127. The first kappa shape index (κ1) is 18.4. The molecule has 2 aromatic carbocycles. The van der Waals surface area contributed by atoms with Gasteiger partial charge in [-0.05, 0) is 72.3 Å². The van der Waals surface area contributed by atoms with Gasteiger partial charge in [0.15, 0.2) is 17.2 Å². The van der Waals surface area contributed by atoms with E-state index in [1.54, 1.807) is 13.2 Å². The molecule has 0 N–H and O–H groups in total. The number of nitrogens with zero attached hydrogens (tertiary/aromatic N) is 1. The third kappa shape index (κ3) is 3.75. The van der Waals surface area contributed by atoms with Gasteiger partial charge in [0, 0.05) is 14.7 Å². The zero-order valence-corrected chi connectivity index (χ0v) is 16.9. The van der Waals surface area contributed by atoms with Crippen molar-refractivity contribution in [2.24, 2.45) is 4.99 Å². The minimum absolute atomic E-state index is 0.227. The fraction of sp³-hybridized carbons (Fsp3) is 0.200. The zero-order valence-electron chi connectivity index (χ0n) is 14.7. The van der Waals surface area contributed by atoms with Crippen molar-refractivity contribution in [1.82, 2.24) is 0 Å². The summed E-state index contributed by atoms with van der Waals surface area (Å²) in [6.45, 7) is 4.38. The number of para-hydroxylation sites is 1. The van der Waals surface area contributed by atoms with E-state index in [1.807, 2.05) is 50.2 Å². The van der Waals surface area contributed by atoms with Crippen LogP contribution in [0.4, 0.5) is 0 Å². The Bertz CT molecular complexity index is 918. The molecule has 3 rings (SSSR count). The van der Waals surface area contributed by atoms with Crippen LogP contribution in [0.25, 0.3) is 6.08 Å². The van der Waals surface area contributed by atoms with E-state index < -0.39 is 5.97 Å². The predicted molar refractivity (Wildman–Crippen MR) is 109 cm³/mol. The molecular formula is C20H18INO4. The van der Waals surface area contributed by atoms with Crippen molar-refractivity contribution in [1.29, 1.82) is 0 Å².